The van der Waals surface area contributed by atoms with Crippen LogP contribution >= 0.6 is 22.6 Å². The number of benzene rings is 1. The Labute approximate surface area is 103 Å². The molecule has 1 saturated carbocycles. The van der Waals surface area contributed by atoms with E-state index < -0.39 is 5.97 Å². The minimum absolute atomic E-state index is 0.0613. The van der Waals surface area contributed by atoms with E-state index in [2.05, 4.69) is 46.9 Å². The number of carboxylic acids is 1. The van der Waals surface area contributed by atoms with Gasteiger partial charge >= 0.3 is 5.97 Å². The normalized spacial score (nSPS) is 23.8. The van der Waals surface area contributed by atoms with E-state index >= 15 is 0 Å². The summed E-state index contributed by atoms with van der Waals surface area (Å²) in [7, 11) is 0. The van der Waals surface area contributed by atoms with Crippen molar-refractivity contribution in [1.82, 2.24) is 0 Å². The van der Waals surface area contributed by atoms with E-state index in [0.29, 0.717) is 5.92 Å². The van der Waals surface area contributed by atoms with Crippen molar-refractivity contribution in [3.8, 4) is 0 Å². The van der Waals surface area contributed by atoms with E-state index in [1.807, 2.05) is 0 Å². The van der Waals surface area contributed by atoms with E-state index in [4.69, 9.17) is 5.11 Å². The van der Waals surface area contributed by atoms with E-state index in [0.717, 1.165) is 19.3 Å². The highest BCUT2D eigenvalue weighted by atomic mass is 127. The molecule has 0 amide bonds. The van der Waals surface area contributed by atoms with Crippen LogP contribution in [0.25, 0.3) is 0 Å². The summed E-state index contributed by atoms with van der Waals surface area (Å²) in [5.74, 6) is -0.266. The number of rotatable bonds is 4. The highest BCUT2D eigenvalue weighted by Crippen LogP contribution is 2.41. The van der Waals surface area contributed by atoms with Gasteiger partial charge in [-0.1, -0.05) is 12.1 Å². The summed E-state index contributed by atoms with van der Waals surface area (Å²) in [5, 5.41) is 8.76. The molecule has 1 aliphatic rings. The van der Waals surface area contributed by atoms with Crippen molar-refractivity contribution in [2.75, 3.05) is 0 Å². The number of hydrogen-bond donors (Lipinski definition) is 1. The first-order valence-corrected chi connectivity index (χ1v) is 6.22. The van der Waals surface area contributed by atoms with Gasteiger partial charge in [-0.05, 0) is 65.5 Å². The smallest absolute Gasteiger partial charge is 0.306 e. The molecule has 1 fully saturated rings. The molecule has 2 atom stereocenters. The Hall–Kier alpha value is -0.580. The fourth-order valence-corrected chi connectivity index (χ4v) is 2.23. The lowest BCUT2D eigenvalue weighted by Crippen LogP contribution is -2.00. The molecule has 0 bridgehead atoms. The molecule has 0 aliphatic heterocycles. The maximum absolute atomic E-state index is 10.6. The number of carbonyl (C=O) groups is 1. The van der Waals surface area contributed by atoms with Gasteiger partial charge in [0.15, 0.2) is 0 Å². The van der Waals surface area contributed by atoms with Crippen LogP contribution in [0.4, 0.5) is 0 Å². The van der Waals surface area contributed by atoms with Crippen LogP contribution in [-0.4, -0.2) is 11.1 Å². The lowest BCUT2D eigenvalue weighted by Gasteiger charge is -2.00. The highest BCUT2D eigenvalue weighted by Gasteiger charge is 2.42. The van der Waals surface area contributed by atoms with Crippen molar-refractivity contribution >= 4 is 28.6 Å². The summed E-state index contributed by atoms with van der Waals surface area (Å²) in [6.45, 7) is 0. The van der Waals surface area contributed by atoms with Crippen molar-refractivity contribution in [3.05, 3.63) is 33.4 Å². The van der Waals surface area contributed by atoms with E-state index in [-0.39, 0.29) is 5.92 Å². The van der Waals surface area contributed by atoms with Gasteiger partial charge in [0, 0.05) is 3.57 Å². The van der Waals surface area contributed by atoms with Crippen LogP contribution in [0.3, 0.4) is 0 Å². The summed E-state index contributed by atoms with van der Waals surface area (Å²) >= 11 is 2.28. The zero-order valence-corrected chi connectivity index (χ0v) is 10.5. The highest BCUT2D eigenvalue weighted by molar-refractivity contribution is 14.1. The first-order valence-electron chi connectivity index (χ1n) is 5.14. The topological polar surface area (TPSA) is 37.3 Å². The SMILES string of the molecule is O=C(O)[C@@H]1C[C@@H]1CCc1ccc(I)cc1. The van der Waals surface area contributed by atoms with Crippen molar-refractivity contribution in [1.29, 1.82) is 0 Å². The molecule has 1 aliphatic carbocycles. The Bertz CT molecular complexity index is 358. The van der Waals surface area contributed by atoms with E-state index in [9.17, 15) is 4.79 Å². The average molecular weight is 316 g/mol. The van der Waals surface area contributed by atoms with Crippen molar-refractivity contribution in [2.24, 2.45) is 11.8 Å². The van der Waals surface area contributed by atoms with Gasteiger partial charge in [0.05, 0.1) is 5.92 Å². The Morgan fingerprint density at radius 3 is 2.60 bits per heavy atom. The molecule has 80 valence electrons. The number of aryl methyl sites for hydroxylation is 1. The largest absolute Gasteiger partial charge is 0.481 e. The van der Waals surface area contributed by atoms with Crippen molar-refractivity contribution < 1.29 is 9.90 Å². The van der Waals surface area contributed by atoms with Gasteiger partial charge in [0.1, 0.15) is 0 Å². The van der Waals surface area contributed by atoms with Crippen LogP contribution in [0.5, 0.6) is 0 Å². The second kappa shape index (κ2) is 4.51. The van der Waals surface area contributed by atoms with Gasteiger partial charge in [-0.3, -0.25) is 4.79 Å². The number of hydrogen-bond acceptors (Lipinski definition) is 1. The second-order valence-corrected chi connectivity index (χ2v) is 5.35. The van der Waals surface area contributed by atoms with Crippen LogP contribution in [0, 0.1) is 15.4 Å². The molecule has 15 heavy (non-hydrogen) atoms. The Morgan fingerprint density at radius 2 is 2.07 bits per heavy atom. The Balaban J connectivity index is 1.80. The van der Waals surface area contributed by atoms with Crippen molar-refractivity contribution in [2.45, 2.75) is 19.3 Å². The number of aliphatic carboxylic acids is 1. The fourth-order valence-electron chi connectivity index (χ4n) is 1.87. The molecule has 3 heteroatoms. The monoisotopic (exact) mass is 316 g/mol. The van der Waals surface area contributed by atoms with Gasteiger partial charge < -0.3 is 5.11 Å². The Kier molecular flexibility index (Phi) is 3.29. The summed E-state index contributed by atoms with van der Waals surface area (Å²) in [4.78, 5) is 10.6. The van der Waals surface area contributed by atoms with Crippen LogP contribution < -0.4 is 0 Å². The maximum atomic E-state index is 10.6. The van der Waals surface area contributed by atoms with Crippen LogP contribution in [0.15, 0.2) is 24.3 Å². The van der Waals surface area contributed by atoms with Crippen LogP contribution in [0.1, 0.15) is 18.4 Å². The van der Waals surface area contributed by atoms with Gasteiger partial charge in [0.25, 0.3) is 0 Å². The maximum Gasteiger partial charge on any atom is 0.306 e. The number of halogens is 1. The predicted molar refractivity (Wildman–Crippen MR) is 66.7 cm³/mol. The minimum Gasteiger partial charge on any atom is -0.481 e. The first-order chi connectivity index (χ1) is 7.16. The molecule has 1 aromatic rings. The lowest BCUT2D eigenvalue weighted by atomic mass is 10.1. The molecular weight excluding hydrogens is 303 g/mol. The van der Waals surface area contributed by atoms with Gasteiger partial charge in [-0.2, -0.15) is 0 Å². The first kappa shape index (κ1) is 10.9. The van der Waals surface area contributed by atoms with Crippen LogP contribution in [0.2, 0.25) is 0 Å². The molecule has 0 radical (unpaired) electrons. The molecule has 2 nitrogen and oxygen atoms in total. The van der Waals surface area contributed by atoms with Crippen LogP contribution in [-0.2, 0) is 11.2 Å². The predicted octanol–water partition coefficient (Wildman–Crippen LogP) is 2.94. The summed E-state index contributed by atoms with van der Waals surface area (Å²) < 4.78 is 1.24. The van der Waals surface area contributed by atoms with E-state index in [1.165, 1.54) is 9.13 Å². The molecule has 1 N–H and O–H groups in total. The van der Waals surface area contributed by atoms with Gasteiger partial charge in [-0.25, -0.2) is 0 Å². The zero-order valence-electron chi connectivity index (χ0n) is 8.32. The standard InChI is InChI=1S/C12H13IO2/c13-10-5-2-8(3-6-10)1-4-9-7-11(9)12(14)15/h2-3,5-6,9,11H,1,4,7H2,(H,14,15)/t9-,11+/m0/s1. The molecular formula is C12H13IO2. The average Bonchev–Trinajstić information content (AvgIpc) is 2.96. The molecule has 2 rings (SSSR count). The van der Waals surface area contributed by atoms with Gasteiger partial charge in [0.2, 0.25) is 0 Å². The van der Waals surface area contributed by atoms with Crippen molar-refractivity contribution in [3.63, 3.8) is 0 Å². The molecule has 0 heterocycles. The second-order valence-electron chi connectivity index (χ2n) is 4.11. The Morgan fingerprint density at radius 1 is 1.40 bits per heavy atom. The summed E-state index contributed by atoms with van der Waals surface area (Å²) in [6.07, 6.45) is 2.89. The molecule has 0 unspecified atom stereocenters. The molecule has 1 aromatic carbocycles. The summed E-state index contributed by atoms with van der Waals surface area (Å²) in [5.41, 5.74) is 1.31. The van der Waals surface area contributed by atoms with Gasteiger partial charge in [-0.15, -0.1) is 0 Å². The summed E-state index contributed by atoms with van der Waals surface area (Å²) in [6, 6.07) is 8.44. The minimum atomic E-state index is -0.623. The van der Waals surface area contributed by atoms with E-state index in [1.54, 1.807) is 0 Å². The molecule has 0 aromatic heterocycles. The zero-order chi connectivity index (χ0) is 10.8. The molecule has 0 saturated heterocycles. The number of carboxylic acid groups (broad SMARTS) is 1. The molecule has 0 spiro atoms. The third kappa shape index (κ3) is 2.93. The lowest BCUT2D eigenvalue weighted by molar-refractivity contribution is -0.138. The third-order valence-electron chi connectivity index (χ3n) is 2.96. The fraction of sp³-hybridized carbons (Fsp3) is 0.417. The third-order valence-corrected chi connectivity index (χ3v) is 3.68. The quantitative estimate of drug-likeness (QED) is 0.867.